The summed E-state index contributed by atoms with van der Waals surface area (Å²) in [5.41, 5.74) is 5.36. The van der Waals surface area contributed by atoms with Gasteiger partial charge in [0, 0.05) is 0 Å². The summed E-state index contributed by atoms with van der Waals surface area (Å²) < 4.78 is 0. The summed E-state index contributed by atoms with van der Waals surface area (Å²) in [4.78, 5) is 0. The monoisotopic (exact) mass is 172 g/mol. The Hall–Kier alpha value is -0.120. The molecule has 0 aromatic rings. The van der Waals surface area contributed by atoms with Gasteiger partial charge < -0.3 is 16.2 Å². The van der Waals surface area contributed by atoms with Crippen molar-refractivity contribution in [1.82, 2.24) is 5.32 Å². The average Bonchev–Trinajstić information content (AvgIpc) is 2.45. The summed E-state index contributed by atoms with van der Waals surface area (Å²) in [7, 11) is 0. The Bertz CT molecular complexity index is 119. The molecule has 0 amide bonds. The van der Waals surface area contributed by atoms with Crippen LogP contribution in [0.1, 0.15) is 25.7 Å². The van der Waals surface area contributed by atoms with Crippen LogP contribution in [0.4, 0.5) is 0 Å². The van der Waals surface area contributed by atoms with E-state index in [2.05, 4.69) is 5.32 Å². The van der Waals surface area contributed by atoms with Crippen LogP contribution in [0.5, 0.6) is 0 Å². The van der Waals surface area contributed by atoms with E-state index in [1.54, 1.807) is 0 Å². The van der Waals surface area contributed by atoms with Gasteiger partial charge in [0.2, 0.25) is 0 Å². The molecule has 0 bridgehead atoms. The lowest BCUT2D eigenvalue weighted by atomic mass is 10.1. The third kappa shape index (κ3) is 3.52. The fourth-order valence-corrected chi connectivity index (χ4v) is 1.77. The first-order valence-electron chi connectivity index (χ1n) is 4.91. The highest BCUT2D eigenvalue weighted by atomic mass is 16.3. The number of aliphatic hydroxyl groups excluding tert-OH is 1. The van der Waals surface area contributed by atoms with Gasteiger partial charge in [0.25, 0.3) is 0 Å². The Morgan fingerprint density at radius 1 is 1.42 bits per heavy atom. The molecule has 0 aliphatic heterocycles. The molecule has 0 radical (unpaired) electrons. The molecule has 4 N–H and O–H groups in total. The molecule has 1 aliphatic rings. The maximum atomic E-state index is 9.25. The molecule has 2 atom stereocenters. The zero-order valence-electron chi connectivity index (χ0n) is 7.63. The fraction of sp³-hybridized carbons (Fsp3) is 1.00. The van der Waals surface area contributed by atoms with Crippen molar-refractivity contribution in [1.29, 1.82) is 0 Å². The quantitative estimate of drug-likeness (QED) is 0.515. The first-order valence-corrected chi connectivity index (χ1v) is 4.91. The molecule has 2 unspecified atom stereocenters. The van der Waals surface area contributed by atoms with Crippen LogP contribution >= 0.6 is 0 Å². The van der Waals surface area contributed by atoms with Gasteiger partial charge in [0.15, 0.2) is 0 Å². The van der Waals surface area contributed by atoms with E-state index in [0.717, 1.165) is 38.9 Å². The normalized spacial score (nSPS) is 29.5. The van der Waals surface area contributed by atoms with E-state index >= 15 is 0 Å². The van der Waals surface area contributed by atoms with E-state index in [0.29, 0.717) is 5.92 Å². The predicted molar refractivity (Wildman–Crippen MR) is 49.9 cm³/mol. The van der Waals surface area contributed by atoms with Crippen LogP contribution < -0.4 is 11.1 Å². The molecule has 12 heavy (non-hydrogen) atoms. The van der Waals surface area contributed by atoms with Crippen molar-refractivity contribution in [3.8, 4) is 0 Å². The van der Waals surface area contributed by atoms with E-state index < -0.39 is 0 Å². The van der Waals surface area contributed by atoms with Crippen LogP contribution in [0.2, 0.25) is 0 Å². The first kappa shape index (κ1) is 9.96. The topological polar surface area (TPSA) is 58.3 Å². The first-order chi connectivity index (χ1) is 5.83. The molecule has 1 saturated carbocycles. The average molecular weight is 172 g/mol. The van der Waals surface area contributed by atoms with Gasteiger partial charge in [-0.15, -0.1) is 0 Å². The molecule has 1 fully saturated rings. The molecule has 3 heteroatoms. The number of nitrogens with two attached hydrogens (primary N) is 1. The summed E-state index contributed by atoms with van der Waals surface area (Å²) in [5, 5.41) is 12.6. The van der Waals surface area contributed by atoms with Crippen molar-refractivity contribution >= 4 is 0 Å². The van der Waals surface area contributed by atoms with Crippen molar-refractivity contribution in [2.45, 2.75) is 31.8 Å². The van der Waals surface area contributed by atoms with Crippen LogP contribution in [0.25, 0.3) is 0 Å². The zero-order chi connectivity index (χ0) is 8.81. The highest BCUT2D eigenvalue weighted by molar-refractivity contribution is 4.75. The molecule has 0 aromatic carbocycles. The highest BCUT2D eigenvalue weighted by Gasteiger charge is 2.21. The summed E-state index contributed by atoms with van der Waals surface area (Å²) in [6.07, 6.45) is 4.16. The minimum absolute atomic E-state index is 0.0358. The second-order valence-corrected chi connectivity index (χ2v) is 3.68. The predicted octanol–water partition coefficient (Wildman–Crippen LogP) is 0.0858. The van der Waals surface area contributed by atoms with Crippen molar-refractivity contribution in [2.24, 2.45) is 11.7 Å². The molecule has 1 rings (SSSR count). The van der Waals surface area contributed by atoms with Gasteiger partial charge in [0.05, 0.1) is 6.10 Å². The van der Waals surface area contributed by atoms with Crippen LogP contribution in [-0.2, 0) is 0 Å². The number of hydrogen-bond donors (Lipinski definition) is 3. The second-order valence-electron chi connectivity index (χ2n) is 3.68. The largest absolute Gasteiger partial charge is 0.393 e. The van der Waals surface area contributed by atoms with Crippen LogP contribution in [0.15, 0.2) is 0 Å². The third-order valence-corrected chi connectivity index (χ3v) is 2.50. The molecule has 0 spiro atoms. The number of nitrogens with one attached hydrogen (secondary N) is 1. The standard InChI is InChI=1S/C9H20N2O/c10-4-1-5-11-7-8-2-3-9(12)6-8/h8-9,11-12H,1-7,10H2. The molecule has 0 aromatic heterocycles. The maximum Gasteiger partial charge on any atom is 0.0543 e. The number of hydrogen-bond acceptors (Lipinski definition) is 3. The molecule has 1 aliphatic carbocycles. The van der Waals surface area contributed by atoms with Gasteiger partial charge in [-0.05, 0) is 51.2 Å². The number of rotatable bonds is 5. The summed E-state index contributed by atoms with van der Waals surface area (Å²) in [5.74, 6) is 0.692. The van der Waals surface area contributed by atoms with Crippen molar-refractivity contribution in [3.63, 3.8) is 0 Å². The Morgan fingerprint density at radius 3 is 2.83 bits per heavy atom. The highest BCUT2D eigenvalue weighted by Crippen LogP contribution is 2.24. The van der Waals surface area contributed by atoms with Crippen LogP contribution in [-0.4, -0.2) is 30.8 Å². The van der Waals surface area contributed by atoms with Crippen LogP contribution in [0, 0.1) is 5.92 Å². The molecular formula is C9H20N2O. The minimum atomic E-state index is -0.0358. The summed E-state index contributed by atoms with van der Waals surface area (Å²) in [6, 6.07) is 0. The Labute approximate surface area is 74.3 Å². The molecule has 72 valence electrons. The van der Waals surface area contributed by atoms with E-state index in [-0.39, 0.29) is 6.10 Å². The lowest BCUT2D eigenvalue weighted by molar-refractivity contribution is 0.177. The summed E-state index contributed by atoms with van der Waals surface area (Å²) in [6.45, 7) is 2.83. The van der Waals surface area contributed by atoms with E-state index in [1.165, 1.54) is 6.42 Å². The smallest absolute Gasteiger partial charge is 0.0543 e. The summed E-state index contributed by atoms with van der Waals surface area (Å²) >= 11 is 0. The Kier molecular flexibility index (Phi) is 4.58. The van der Waals surface area contributed by atoms with Gasteiger partial charge in [-0.1, -0.05) is 0 Å². The molecule has 3 nitrogen and oxygen atoms in total. The number of aliphatic hydroxyl groups is 1. The van der Waals surface area contributed by atoms with Gasteiger partial charge in [0.1, 0.15) is 0 Å². The van der Waals surface area contributed by atoms with E-state index in [4.69, 9.17) is 5.73 Å². The second kappa shape index (κ2) is 5.51. The fourth-order valence-electron chi connectivity index (χ4n) is 1.77. The minimum Gasteiger partial charge on any atom is -0.393 e. The Morgan fingerprint density at radius 2 is 2.25 bits per heavy atom. The van der Waals surface area contributed by atoms with Gasteiger partial charge in [-0.2, -0.15) is 0 Å². The van der Waals surface area contributed by atoms with Crippen molar-refractivity contribution < 1.29 is 5.11 Å². The lowest BCUT2D eigenvalue weighted by Gasteiger charge is -2.09. The lowest BCUT2D eigenvalue weighted by Crippen LogP contribution is -2.24. The Balaban J connectivity index is 1.93. The third-order valence-electron chi connectivity index (χ3n) is 2.50. The van der Waals surface area contributed by atoms with Crippen molar-refractivity contribution in [3.05, 3.63) is 0 Å². The van der Waals surface area contributed by atoms with Gasteiger partial charge in [-0.25, -0.2) is 0 Å². The maximum absolute atomic E-state index is 9.25. The zero-order valence-corrected chi connectivity index (χ0v) is 7.63. The molecule has 0 saturated heterocycles. The van der Waals surface area contributed by atoms with Crippen LogP contribution in [0.3, 0.4) is 0 Å². The van der Waals surface area contributed by atoms with Crippen molar-refractivity contribution in [2.75, 3.05) is 19.6 Å². The molecular weight excluding hydrogens is 152 g/mol. The SMILES string of the molecule is NCCCNCC1CCC(O)C1. The van der Waals surface area contributed by atoms with E-state index in [9.17, 15) is 5.11 Å². The van der Waals surface area contributed by atoms with Gasteiger partial charge >= 0.3 is 0 Å². The van der Waals surface area contributed by atoms with E-state index in [1.807, 2.05) is 0 Å². The van der Waals surface area contributed by atoms with Gasteiger partial charge in [-0.3, -0.25) is 0 Å². The molecule has 0 heterocycles.